The number of fused-ring (bicyclic) bond motifs is 36. The van der Waals surface area contributed by atoms with Gasteiger partial charge in [-0.05, 0) is 138 Å². The van der Waals surface area contributed by atoms with E-state index in [1.54, 1.807) is 366 Å². The molecule has 99 heavy (non-hydrogen) atoms. The van der Waals surface area contributed by atoms with Crippen molar-refractivity contribution in [2.24, 2.45) is 118 Å². The zero-order valence-electron chi connectivity index (χ0n) is 67.4. The average molecular weight is 1370 g/mol. The summed E-state index contributed by atoms with van der Waals surface area (Å²) < 4.78 is 0. The zero-order chi connectivity index (χ0) is 67.4. The summed E-state index contributed by atoms with van der Waals surface area (Å²) in [6.45, 7) is 0. The Morgan fingerprint density at radius 3 is 0.283 bits per heavy atom. The lowest BCUT2D eigenvalue weighted by molar-refractivity contribution is 0.176. The van der Waals surface area contributed by atoms with Crippen LogP contribution in [0.3, 0.4) is 0 Å². The van der Waals surface area contributed by atoms with Crippen molar-refractivity contribution < 1.29 is 0 Å². The molecule has 24 aliphatic rings. The predicted molar refractivity (Wildman–Crippen MR) is 435 cm³/mol. The summed E-state index contributed by atoms with van der Waals surface area (Å²) >= 11 is 0. The Balaban J connectivity index is 0.000000111. The summed E-state index contributed by atoms with van der Waals surface area (Å²) in [6.07, 6.45) is 122. The Morgan fingerprint density at radius 2 is 0.131 bits per heavy atom. The molecule has 8 unspecified atom stereocenters. The molecular weight excluding hydrogens is 1190 g/mol. The minimum atomic E-state index is 1.11. The van der Waals surface area contributed by atoms with E-state index in [0.29, 0.717) is 0 Å². The van der Waals surface area contributed by atoms with Crippen molar-refractivity contribution in [3.63, 3.8) is 0 Å². The maximum Gasteiger partial charge on any atom is -0.0412 e. The van der Waals surface area contributed by atoms with Gasteiger partial charge in [0.15, 0.2) is 0 Å². The van der Waals surface area contributed by atoms with Crippen molar-refractivity contribution in [3.8, 4) is 0 Å². The molecule has 0 aliphatic heterocycles. The molecule has 24 fully saturated rings. The van der Waals surface area contributed by atoms with Crippen LogP contribution in [0.15, 0.2) is 0 Å². The molecule has 0 N–H and O–H groups in total. The van der Waals surface area contributed by atoms with Crippen molar-refractivity contribution in [3.05, 3.63) is 0 Å². The lowest BCUT2D eigenvalue weighted by Gasteiger charge is -2.35. The van der Waals surface area contributed by atoms with E-state index in [1.807, 2.05) is 0 Å². The van der Waals surface area contributed by atoms with E-state index >= 15 is 0 Å². The summed E-state index contributed by atoms with van der Waals surface area (Å²) in [6, 6.07) is 0. The van der Waals surface area contributed by atoms with Gasteiger partial charge in [0.2, 0.25) is 0 Å². The predicted octanol–water partition coefficient (Wildman–Crippen LogP) is 33.3. The average Bonchev–Trinajstić information content (AvgIpc) is 1.86. The van der Waals surface area contributed by atoms with E-state index in [1.165, 1.54) is 141 Å². The smallest absolute Gasteiger partial charge is 0.0412 e. The van der Waals surface area contributed by atoms with Crippen LogP contribution in [-0.2, 0) is 0 Å². The fourth-order valence-corrected chi connectivity index (χ4v) is 27.1. The first kappa shape index (κ1) is 80.0. The minimum absolute atomic E-state index is 1.11. The van der Waals surface area contributed by atoms with E-state index in [4.69, 9.17) is 0 Å². The maximum absolute atomic E-state index is 1.58. The van der Waals surface area contributed by atoms with Crippen LogP contribution in [0.25, 0.3) is 0 Å². The van der Waals surface area contributed by atoms with Crippen molar-refractivity contribution >= 4 is 0 Å². The quantitative estimate of drug-likeness (QED) is 0.227. The van der Waals surface area contributed by atoms with Crippen molar-refractivity contribution in [2.45, 2.75) is 507 Å². The van der Waals surface area contributed by atoms with Gasteiger partial charge in [-0.3, -0.25) is 0 Å². The lowest BCUT2D eigenvalue weighted by Crippen LogP contribution is -2.21. The normalized spacial score (nSPS) is 41.0. The van der Waals surface area contributed by atoms with Gasteiger partial charge in [-0.25, -0.2) is 0 Å². The van der Waals surface area contributed by atoms with E-state index in [9.17, 15) is 0 Å². The highest BCUT2D eigenvalue weighted by atomic mass is 14.4. The molecule has 0 aromatic rings. The molecule has 0 heterocycles. The monoisotopic (exact) mass is 1370 g/mol. The first-order chi connectivity index (χ1) is 49.0. The van der Waals surface area contributed by atoms with Crippen LogP contribution in [0.1, 0.15) is 507 Å². The largest absolute Gasteiger partial charge is 0.0530 e. The van der Waals surface area contributed by atoms with Gasteiger partial charge in [0.05, 0.1) is 0 Å². The zero-order valence-corrected chi connectivity index (χ0v) is 67.4. The van der Waals surface area contributed by atoms with Crippen molar-refractivity contribution in [1.29, 1.82) is 0 Å². The van der Waals surface area contributed by atoms with Crippen LogP contribution >= 0.6 is 0 Å². The van der Waals surface area contributed by atoms with Crippen LogP contribution in [-0.4, -0.2) is 0 Å². The Morgan fingerprint density at radius 1 is 0.0606 bits per heavy atom. The van der Waals surface area contributed by atoms with E-state index in [0.717, 1.165) is 118 Å². The molecule has 24 aliphatic carbocycles. The molecule has 0 saturated heterocycles. The summed E-state index contributed by atoms with van der Waals surface area (Å²) in [5.41, 5.74) is 0. The SMILES string of the molecule is C1CC2CCC(C1)C2.C1CC2CCC1CC2.C1CC2CCCC(C1)C2.C1CC2CCCC(C1)CC2.C1CC2CCCC(C1)CCC2.C1CCC2CCC(C1)C2.C1CCC2CCC(C1)CC2.C1CCC2CCCC(C1)CC2.C1CCC2CCCC(C1)CC2.C1CCC2CCCC(C1)CCC2. The molecular formula is C99H178. The van der Waals surface area contributed by atoms with Gasteiger partial charge in [0.1, 0.15) is 0 Å². The fraction of sp³-hybridized carbons (Fsp3) is 1.00. The first-order valence-corrected chi connectivity index (χ1v) is 49.0. The van der Waals surface area contributed by atoms with Gasteiger partial charge in [-0.1, -0.05) is 488 Å². The van der Waals surface area contributed by atoms with Gasteiger partial charge in [-0.15, -0.1) is 0 Å². The van der Waals surface area contributed by atoms with Crippen LogP contribution in [0.5, 0.6) is 0 Å². The lowest BCUT2D eigenvalue weighted by atomic mass is 9.71. The molecule has 0 heteroatoms. The van der Waals surface area contributed by atoms with Crippen LogP contribution in [0, 0.1) is 118 Å². The van der Waals surface area contributed by atoms with Gasteiger partial charge >= 0.3 is 0 Å². The van der Waals surface area contributed by atoms with E-state index in [2.05, 4.69) is 0 Å². The molecule has 8 atom stereocenters. The van der Waals surface area contributed by atoms with Crippen molar-refractivity contribution in [2.75, 3.05) is 0 Å². The van der Waals surface area contributed by atoms with Gasteiger partial charge in [-0.2, -0.15) is 0 Å². The highest BCUT2D eigenvalue weighted by Gasteiger charge is 2.32. The highest BCUT2D eigenvalue weighted by molar-refractivity contribution is 4.84. The number of hydrogen-bond donors (Lipinski definition) is 0. The van der Waals surface area contributed by atoms with Crippen LogP contribution in [0.4, 0.5) is 0 Å². The fourth-order valence-electron chi connectivity index (χ4n) is 27.1. The summed E-state index contributed by atoms with van der Waals surface area (Å²) in [4.78, 5) is 0. The number of rotatable bonds is 0. The Kier molecular flexibility index (Phi) is 38.6. The van der Waals surface area contributed by atoms with Gasteiger partial charge < -0.3 is 0 Å². The first-order valence-electron chi connectivity index (χ1n) is 49.0. The second-order valence-corrected chi connectivity index (χ2v) is 41.4. The Labute approximate surface area is 621 Å². The van der Waals surface area contributed by atoms with Crippen LogP contribution in [0.2, 0.25) is 0 Å². The summed E-state index contributed by atoms with van der Waals surface area (Å²) in [5.74, 6) is 22.7. The van der Waals surface area contributed by atoms with Crippen molar-refractivity contribution in [1.82, 2.24) is 0 Å². The Hall–Kier alpha value is 0. The number of hydrogen-bond acceptors (Lipinski definition) is 0. The second-order valence-electron chi connectivity index (χ2n) is 41.4. The molecule has 0 nitrogen and oxygen atoms in total. The summed E-state index contributed by atoms with van der Waals surface area (Å²) in [5, 5.41) is 0. The van der Waals surface area contributed by atoms with E-state index < -0.39 is 0 Å². The summed E-state index contributed by atoms with van der Waals surface area (Å²) in [7, 11) is 0. The van der Waals surface area contributed by atoms with Gasteiger partial charge in [0.25, 0.3) is 0 Å². The second kappa shape index (κ2) is 47.7. The molecule has 0 aromatic carbocycles. The molecule has 20 bridgehead atoms. The van der Waals surface area contributed by atoms with Crippen LogP contribution < -0.4 is 0 Å². The third-order valence-electron chi connectivity index (χ3n) is 33.9. The third-order valence-corrected chi connectivity index (χ3v) is 33.9. The maximum atomic E-state index is 1.58. The van der Waals surface area contributed by atoms with Gasteiger partial charge in [0, 0.05) is 0 Å². The molecule has 0 radical (unpaired) electrons. The molecule has 24 rings (SSSR count). The topological polar surface area (TPSA) is 0 Å². The van der Waals surface area contributed by atoms with E-state index in [-0.39, 0.29) is 0 Å². The Bertz CT molecular complexity index is 1680. The minimum Gasteiger partial charge on any atom is -0.0530 e. The standard InChI is InChI=1S/C12H22.3C11H20.2C10H18.2C9H16.2C8H14/c1-2-6-12-9-3-7-11(5-1)8-4-10-12;1-4-10-6-2-7-11(5-1)9-3-8-10;2*1-2-5-11-7-3-6-10(4-1)8-9-11;1-3-9-5-2-6-10(4-1)8-7-9;1-2-4-10-7-5-9(3-1)6-8-10;1-3-8-5-2-6-9(4-1)7-8;1-2-4-9-6-5-8(3-1)7-9;1-2-8-5-3-7(1)4-6-8;1-2-7-4-5-8(3-1)6-7/h11-12H,1-10H2;3*10-11H,1-9H2;2*9-10H,1-8H2;2*8-9H,1-7H2;2*7-8H,1-6H2. The molecule has 574 valence electrons. The molecule has 0 aromatic heterocycles. The highest BCUT2D eigenvalue weighted by Crippen LogP contribution is 2.46. The molecule has 0 spiro atoms. The molecule has 0 amide bonds. The third kappa shape index (κ3) is 31.6. The molecule has 24 saturated carbocycles.